The van der Waals surface area contributed by atoms with E-state index in [1.54, 1.807) is 7.05 Å². The normalized spacial score (nSPS) is 16.8. The zero-order valence-electron chi connectivity index (χ0n) is 17.1. The summed E-state index contributed by atoms with van der Waals surface area (Å²) in [5, 5.41) is 6.00. The molecular formula is C19H29F2IN4O3. The zero-order valence-corrected chi connectivity index (χ0v) is 19.5. The summed E-state index contributed by atoms with van der Waals surface area (Å²) in [6, 6.07) is 3.15. The standard InChI is InChI=1S/C19H28F2N4O3.HI/c1-19(2,3)28-18(26)24-14-7-9-25(12-14)17(22-4)23-8-10-27-16-6-5-13(20)11-15(16)21;/h5-6,11,14H,7-10,12H2,1-4H3,(H,22,23)(H,24,26);1H/t14-;/m1./s1. The van der Waals surface area contributed by atoms with Crippen LogP contribution in [0.5, 0.6) is 5.75 Å². The predicted octanol–water partition coefficient (Wildman–Crippen LogP) is 3.14. The fraction of sp³-hybridized carbons (Fsp3) is 0.579. The van der Waals surface area contributed by atoms with E-state index < -0.39 is 23.3 Å². The molecule has 1 aromatic rings. The Morgan fingerprint density at radius 3 is 2.69 bits per heavy atom. The van der Waals surface area contributed by atoms with Crippen LogP contribution in [0.25, 0.3) is 0 Å². The van der Waals surface area contributed by atoms with Crippen LogP contribution in [-0.2, 0) is 4.74 Å². The van der Waals surface area contributed by atoms with Gasteiger partial charge in [-0.05, 0) is 39.3 Å². The van der Waals surface area contributed by atoms with Crippen molar-refractivity contribution in [2.45, 2.75) is 38.8 Å². The van der Waals surface area contributed by atoms with Gasteiger partial charge in [-0.1, -0.05) is 0 Å². The Bertz CT molecular complexity index is 713. The van der Waals surface area contributed by atoms with E-state index in [1.165, 1.54) is 6.07 Å². The van der Waals surface area contributed by atoms with Crippen molar-refractivity contribution in [2.24, 2.45) is 4.99 Å². The Morgan fingerprint density at radius 1 is 1.34 bits per heavy atom. The molecule has 2 rings (SSSR count). The second-order valence-corrected chi connectivity index (χ2v) is 7.48. The third-order valence-corrected chi connectivity index (χ3v) is 3.96. The molecule has 0 spiro atoms. The van der Waals surface area contributed by atoms with Crippen molar-refractivity contribution in [2.75, 3.05) is 33.3 Å². The van der Waals surface area contributed by atoms with E-state index >= 15 is 0 Å². The molecule has 10 heteroatoms. The summed E-state index contributed by atoms with van der Waals surface area (Å²) in [5.74, 6) is -0.718. The van der Waals surface area contributed by atoms with Crippen molar-refractivity contribution < 1.29 is 23.0 Å². The highest BCUT2D eigenvalue weighted by molar-refractivity contribution is 14.0. The second-order valence-electron chi connectivity index (χ2n) is 7.48. The maximum absolute atomic E-state index is 13.5. The topological polar surface area (TPSA) is 75.2 Å². The highest BCUT2D eigenvalue weighted by Gasteiger charge is 2.27. The number of aliphatic imine (C=N–C) groups is 1. The summed E-state index contributed by atoms with van der Waals surface area (Å²) in [4.78, 5) is 18.1. The molecule has 1 fully saturated rings. The highest BCUT2D eigenvalue weighted by atomic mass is 127. The lowest BCUT2D eigenvalue weighted by Crippen LogP contribution is -2.45. The van der Waals surface area contributed by atoms with E-state index in [1.807, 2.05) is 25.7 Å². The van der Waals surface area contributed by atoms with Crippen LogP contribution < -0.4 is 15.4 Å². The van der Waals surface area contributed by atoms with E-state index in [4.69, 9.17) is 9.47 Å². The number of amides is 1. The minimum absolute atomic E-state index is 0. The van der Waals surface area contributed by atoms with Crippen molar-refractivity contribution >= 4 is 36.0 Å². The second kappa shape index (κ2) is 11.4. The first-order valence-corrected chi connectivity index (χ1v) is 9.21. The summed E-state index contributed by atoms with van der Waals surface area (Å²) in [5.41, 5.74) is -0.538. The van der Waals surface area contributed by atoms with E-state index in [2.05, 4.69) is 15.6 Å². The number of carbonyl (C=O) groups excluding carboxylic acids is 1. The van der Waals surface area contributed by atoms with Gasteiger partial charge in [-0.2, -0.15) is 0 Å². The number of likely N-dealkylation sites (tertiary alicyclic amines) is 1. The number of guanidine groups is 1. The lowest BCUT2D eigenvalue weighted by molar-refractivity contribution is 0.0507. The summed E-state index contributed by atoms with van der Waals surface area (Å²) in [6.07, 6.45) is 0.342. The van der Waals surface area contributed by atoms with Crippen molar-refractivity contribution in [3.05, 3.63) is 29.8 Å². The van der Waals surface area contributed by atoms with Crippen molar-refractivity contribution in [1.29, 1.82) is 0 Å². The fourth-order valence-electron chi connectivity index (χ4n) is 2.79. The van der Waals surface area contributed by atoms with Gasteiger partial charge in [0, 0.05) is 26.2 Å². The van der Waals surface area contributed by atoms with Crippen LogP contribution in [-0.4, -0.2) is 61.9 Å². The molecule has 164 valence electrons. The number of carbonyl (C=O) groups is 1. The van der Waals surface area contributed by atoms with Crippen LogP contribution in [0.2, 0.25) is 0 Å². The number of rotatable bonds is 5. The van der Waals surface area contributed by atoms with Gasteiger partial charge in [0.25, 0.3) is 0 Å². The highest BCUT2D eigenvalue weighted by Crippen LogP contribution is 2.17. The van der Waals surface area contributed by atoms with Crippen molar-refractivity contribution in [1.82, 2.24) is 15.5 Å². The molecule has 1 aliphatic rings. The Hall–Kier alpha value is -1.85. The molecular weight excluding hydrogens is 497 g/mol. The number of hydrogen-bond acceptors (Lipinski definition) is 4. The average molecular weight is 526 g/mol. The first-order chi connectivity index (χ1) is 13.2. The Kier molecular flexibility index (Phi) is 9.87. The van der Waals surface area contributed by atoms with Crippen LogP contribution in [0.15, 0.2) is 23.2 Å². The van der Waals surface area contributed by atoms with Gasteiger partial charge in [0.2, 0.25) is 0 Å². The molecule has 0 saturated carbocycles. The van der Waals surface area contributed by atoms with Gasteiger partial charge in [0.05, 0.1) is 12.6 Å². The SMILES string of the molecule is CN=C(NCCOc1ccc(F)cc1F)N1CC[C@@H](NC(=O)OC(C)(C)C)C1.I. The molecule has 1 aromatic carbocycles. The molecule has 1 heterocycles. The third kappa shape index (κ3) is 8.58. The molecule has 0 aliphatic carbocycles. The van der Waals surface area contributed by atoms with Crippen molar-refractivity contribution in [3.8, 4) is 5.75 Å². The quantitative estimate of drug-likeness (QED) is 0.267. The molecule has 0 bridgehead atoms. The van der Waals surface area contributed by atoms with Gasteiger partial charge in [0.1, 0.15) is 18.0 Å². The fourth-order valence-corrected chi connectivity index (χ4v) is 2.79. The van der Waals surface area contributed by atoms with E-state index in [0.717, 1.165) is 25.1 Å². The lowest BCUT2D eigenvalue weighted by Gasteiger charge is -2.23. The molecule has 0 aromatic heterocycles. The minimum atomic E-state index is -0.736. The van der Waals surface area contributed by atoms with Crippen LogP contribution in [0, 0.1) is 11.6 Å². The molecule has 29 heavy (non-hydrogen) atoms. The van der Waals surface area contributed by atoms with Crippen molar-refractivity contribution in [3.63, 3.8) is 0 Å². The first kappa shape index (κ1) is 25.2. The van der Waals surface area contributed by atoms with E-state index in [0.29, 0.717) is 19.0 Å². The molecule has 1 aliphatic heterocycles. The Balaban J connectivity index is 0.00000420. The predicted molar refractivity (Wildman–Crippen MR) is 118 cm³/mol. The number of ether oxygens (including phenoxy) is 2. The lowest BCUT2D eigenvalue weighted by atomic mass is 10.2. The molecule has 1 atom stereocenters. The maximum Gasteiger partial charge on any atom is 0.407 e. The van der Waals surface area contributed by atoms with Gasteiger partial charge in [-0.15, -0.1) is 24.0 Å². The summed E-state index contributed by atoms with van der Waals surface area (Å²) >= 11 is 0. The molecule has 1 saturated heterocycles. The first-order valence-electron chi connectivity index (χ1n) is 9.21. The molecule has 2 N–H and O–H groups in total. The van der Waals surface area contributed by atoms with E-state index in [9.17, 15) is 13.6 Å². The van der Waals surface area contributed by atoms with Gasteiger partial charge in [-0.25, -0.2) is 13.6 Å². The number of nitrogens with one attached hydrogen (secondary N) is 2. The summed E-state index contributed by atoms with van der Waals surface area (Å²) in [7, 11) is 1.66. The minimum Gasteiger partial charge on any atom is -0.489 e. The van der Waals surface area contributed by atoms with Crippen LogP contribution >= 0.6 is 24.0 Å². The summed E-state index contributed by atoms with van der Waals surface area (Å²) < 4.78 is 37.0. The summed E-state index contributed by atoms with van der Waals surface area (Å²) in [6.45, 7) is 7.37. The largest absolute Gasteiger partial charge is 0.489 e. The van der Waals surface area contributed by atoms with Crippen LogP contribution in [0.3, 0.4) is 0 Å². The number of benzene rings is 1. The van der Waals surface area contributed by atoms with Gasteiger partial charge in [-0.3, -0.25) is 4.99 Å². The zero-order chi connectivity index (χ0) is 20.7. The molecule has 7 nitrogen and oxygen atoms in total. The third-order valence-electron chi connectivity index (χ3n) is 3.96. The number of nitrogens with zero attached hydrogens (tertiary/aromatic N) is 2. The molecule has 1 amide bonds. The molecule has 0 radical (unpaired) electrons. The van der Waals surface area contributed by atoms with Gasteiger partial charge >= 0.3 is 6.09 Å². The van der Waals surface area contributed by atoms with E-state index in [-0.39, 0.29) is 42.4 Å². The number of hydrogen-bond donors (Lipinski definition) is 2. The Morgan fingerprint density at radius 2 is 2.07 bits per heavy atom. The smallest absolute Gasteiger partial charge is 0.407 e. The van der Waals surface area contributed by atoms with Gasteiger partial charge in [0.15, 0.2) is 17.5 Å². The number of halogens is 3. The van der Waals surface area contributed by atoms with Gasteiger partial charge < -0.3 is 25.0 Å². The monoisotopic (exact) mass is 526 g/mol. The molecule has 0 unspecified atom stereocenters. The van der Waals surface area contributed by atoms with Crippen LogP contribution in [0.1, 0.15) is 27.2 Å². The van der Waals surface area contributed by atoms with Crippen LogP contribution in [0.4, 0.5) is 13.6 Å². The Labute approximate surface area is 187 Å². The average Bonchev–Trinajstić information content (AvgIpc) is 3.02. The number of alkyl carbamates (subject to hydrolysis) is 1. The maximum atomic E-state index is 13.5.